The number of rotatable bonds is 5. The molecule has 0 aliphatic rings. The van der Waals surface area contributed by atoms with Crippen LogP contribution in [0.1, 0.15) is 29.8 Å². The van der Waals surface area contributed by atoms with E-state index in [9.17, 15) is 18.0 Å². The van der Waals surface area contributed by atoms with Crippen LogP contribution >= 0.6 is 15.9 Å². The Kier molecular flexibility index (Phi) is 6.01. The second kappa shape index (κ2) is 7.08. The Hall–Kier alpha value is -1.08. The van der Waals surface area contributed by atoms with Crippen LogP contribution in [0.15, 0.2) is 22.7 Å². The third kappa shape index (κ3) is 4.79. The highest BCUT2D eigenvalue weighted by molar-refractivity contribution is 9.10. The van der Waals surface area contributed by atoms with Crippen molar-refractivity contribution in [3.63, 3.8) is 0 Å². The van der Waals surface area contributed by atoms with E-state index in [1.165, 1.54) is 6.07 Å². The molecule has 1 atom stereocenters. The van der Waals surface area contributed by atoms with Crippen molar-refractivity contribution >= 4 is 21.8 Å². The van der Waals surface area contributed by atoms with Gasteiger partial charge in [-0.15, -0.1) is 0 Å². The second-order valence-electron chi connectivity index (χ2n) is 4.16. The van der Waals surface area contributed by atoms with Gasteiger partial charge in [0.05, 0.1) is 17.2 Å². The Labute approximate surface area is 123 Å². The lowest BCUT2D eigenvalue weighted by Gasteiger charge is -2.15. The molecule has 1 amide bonds. The standard InChI is InChI=1S/C13H15BrF3NO2/c1-3-20-8(2)7-18-12(19)10-5-4-9(14)6-11(10)13(15,16)17/h4-6,8H,3,7H2,1-2H3,(H,18,19). The molecule has 1 aromatic carbocycles. The summed E-state index contributed by atoms with van der Waals surface area (Å²) in [5, 5.41) is 2.44. The minimum absolute atomic E-state index is 0.153. The van der Waals surface area contributed by atoms with E-state index in [2.05, 4.69) is 21.2 Å². The van der Waals surface area contributed by atoms with E-state index in [0.717, 1.165) is 12.1 Å². The Balaban J connectivity index is 2.88. The van der Waals surface area contributed by atoms with Gasteiger partial charge in [0.25, 0.3) is 5.91 Å². The fourth-order valence-corrected chi connectivity index (χ4v) is 1.99. The molecule has 0 saturated heterocycles. The van der Waals surface area contributed by atoms with Crippen LogP contribution in [0.2, 0.25) is 0 Å². The summed E-state index contributed by atoms with van der Waals surface area (Å²) in [6, 6.07) is 3.44. The van der Waals surface area contributed by atoms with E-state index < -0.39 is 23.2 Å². The third-order valence-corrected chi connectivity index (χ3v) is 3.03. The highest BCUT2D eigenvalue weighted by Gasteiger charge is 2.35. The van der Waals surface area contributed by atoms with Crippen molar-refractivity contribution in [3.8, 4) is 0 Å². The molecule has 0 fully saturated rings. The van der Waals surface area contributed by atoms with Crippen LogP contribution < -0.4 is 5.32 Å². The first kappa shape index (κ1) is 17.0. The van der Waals surface area contributed by atoms with Gasteiger partial charge in [0.15, 0.2) is 0 Å². The van der Waals surface area contributed by atoms with Crippen LogP contribution in [-0.2, 0) is 10.9 Å². The van der Waals surface area contributed by atoms with Crippen LogP contribution in [0, 0.1) is 0 Å². The highest BCUT2D eigenvalue weighted by atomic mass is 79.9. The van der Waals surface area contributed by atoms with Crippen molar-refractivity contribution in [3.05, 3.63) is 33.8 Å². The van der Waals surface area contributed by atoms with Crippen LogP contribution in [0.25, 0.3) is 0 Å². The average Bonchev–Trinajstić information content (AvgIpc) is 2.35. The molecule has 3 nitrogen and oxygen atoms in total. The fourth-order valence-electron chi connectivity index (χ4n) is 1.62. The Morgan fingerprint density at radius 2 is 2.10 bits per heavy atom. The summed E-state index contributed by atoms with van der Waals surface area (Å²) in [7, 11) is 0. The molecule has 1 rings (SSSR count). The van der Waals surface area contributed by atoms with Gasteiger partial charge in [0.1, 0.15) is 0 Å². The predicted octanol–water partition coefficient (Wildman–Crippen LogP) is 3.62. The fraction of sp³-hybridized carbons (Fsp3) is 0.462. The molecule has 112 valence electrons. The zero-order valence-electron chi connectivity index (χ0n) is 11.1. The van der Waals surface area contributed by atoms with Crippen molar-refractivity contribution < 1.29 is 22.7 Å². The molecule has 1 N–H and O–H groups in total. The molecular formula is C13H15BrF3NO2. The summed E-state index contributed by atoms with van der Waals surface area (Å²) in [6.45, 7) is 4.16. The molecule has 0 saturated carbocycles. The molecule has 0 aliphatic carbocycles. The minimum Gasteiger partial charge on any atom is -0.377 e. The predicted molar refractivity (Wildman–Crippen MR) is 72.6 cm³/mol. The number of benzene rings is 1. The average molecular weight is 354 g/mol. The van der Waals surface area contributed by atoms with Gasteiger partial charge < -0.3 is 10.1 Å². The van der Waals surface area contributed by atoms with Crippen LogP contribution in [-0.4, -0.2) is 25.2 Å². The molecule has 0 aromatic heterocycles. The van der Waals surface area contributed by atoms with E-state index in [0.29, 0.717) is 6.61 Å². The molecule has 0 heterocycles. The first-order chi connectivity index (χ1) is 9.25. The molecular weight excluding hydrogens is 339 g/mol. The molecule has 1 aromatic rings. The Morgan fingerprint density at radius 3 is 2.65 bits per heavy atom. The van der Waals surface area contributed by atoms with E-state index in [1.54, 1.807) is 13.8 Å². The number of alkyl halides is 3. The normalized spacial score (nSPS) is 13.1. The Morgan fingerprint density at radius 1 is 1.45 bits per heavy atom. The SMILES string of the molecule is CCOC(C)CNC(=O)c1ccc(Br)cc1C(F)(F)F. The zero-order valence-corrected chi connectivity index (χ0v) is 12.6. The lowest BCUT2D eigenvalue weighted by Crippen LogP contribution is -2.33. The first-order valence-electron chi connectivity index (χ1n) is 6.02. The minimum atomic E-state index is -4.58. The van der Waals surface area contributed by atoms with Gasteiger partial charge in [-0.25, -0.2) is 0 Å². The number of ether oxygens (including phenoxy) is 1. The van der Waals surface area contributed by atoms with Gasteiger partial charge in [0, 0.05) is 17.6 Å². The number of amides is 1. The maximum atomic E-state index is 12.9. The summed E-state index contributed by atoms with van der Waals surface area (Å²) in [4.78, 5) is 11.9. The van der Waals surface area contributed by atoms with E-state index in [4.69, 9.17) is 4.74 Å². The maximum Gasteiger partial charge on any atom is 0.417 e. The van der Waals surface area contributed by atoms with Gasteiger partial charge >= 0.3 is 6.18 Å². The summed E-state index contributed by atoms with van der Waals surface area (Å²) in [6.07, 6.45) is -4.84. The van der Waals surface area contributed by atoms with E-state index >= 15 is 0 Å². The van der Waals surface area contributed by atoms with Gasteiger partial charge in [0.2, 0.25) is 0 Å². The van der Waals surface area contributed by atoms with Crippen molar-refractivity contribution in [1.29, 1.82) is 0 Å². The summed E-state index contributed by atoms with van der Waals surface area (Å²) < 4.78 is 44.1. The van der Waals surface area contributed by atoms with E-state index in [-0.39, 0.29) is 17.1 Å². The van der Waals surface area contributed by atoms with E-state index in [1.807, 2.05) is 0 Å². The number of hydrogen-bond acceptors (Lipinski definition) is 2. The number of hydrogen-bond donors (Lipinski definition) is 1. The van der Waals surface area contributed by atoms with Crippen LogP contribution in [0.3, 0.4) is 0 Å². The van der Waals surface area contributed by atoms with Gasteiger partial charge in [-0.2, -0.15) is 13.2 Å². The van der Waals surface area contributed by atoms with Crippen LogP contribution in [0.4, 0.5) is 13.2 Å². The summed E-state index contributed by atoms with van der Waals surface area (Å²) >= 11 is 2.97. The second-order valence-corrected chi connectivity index (χ2v) is 5.08. The molecule has 1 unspecified atom stereocenters. The van der Waals surface area contributed by atoms with Gasteiger partial charge in [-0.05, 0) is 32.0 Å². The zero-order chi connectivity index (χ0) is 15.3. The van der Waals surface area contributed by atoms with Crippen molar-refractivity contribution in [2.45, 2.75) is 26.1 Å². The van der Waals surface area contributed by atoms with Crippen molar-refractivity contribution in [2.75, 3.05) is 13.2 Å². The lowest BCUT2D eigenvalue weighted by atomic mass is 10.1. The maximum absolute atomic E-state index is 12.9. The highest BCUT2D eigenvalue weighted by Crippen LogP contribution is 2.33. The first-order valence-corrected chi connectivity index (χ1v) is 6.81. The number of nitrogens with one attached hydrogen (secondary N) is 1. The molecule has 0 spiro atoms. The monoisotopic (exact) mass is 353 g/mol. The number of halogens is 4. The summed E-state index contributed by atoms with van der Waals surface area (Å²) in [5.74, 6) is -0.767. The van der Waals surface area contributed by atoms with Crippen LogP contribution in [0.5, 0.6) is 0 Å². The quantitative estimate of drug-likeness (QED) is 0.877. The molecule has 0 radical (unpaired) electrons. The van der Waals surface area contributed by atoms with Gasteiger partial charge in [-0.3, -0.25) is 4.79 Å². The molecule has 0 aliphatic heterocycles. The number of carbonyl (C=O) groups excluding carboxylic acids is 1. The third-order valence-electron chi connectivity index (χ3n) is 2.53. The Bertz CT molecular complexity index is 477. The largest absolute Gasteiger partial charge is 0.417 e. The molecule has 0 bridgehead atoms. The topological polar surface area (TPSA) is 38.3 Å². The molecule has 20 heavy (non-hydrogen) atoms. The molecule has 7 heteroatoms. The smallest absolute Gasteiger partial charge is 0.377 e. The van der Waals surface area contributed by atoms with Crippen molar-refractivity contribution in [2.24, 2.45) is 0 Å². The van der Waals surface area contributed by atoms with Gasteiger partial charge in [-0.1, -0.05) is 15.9 Å². The lowest BCUT2D eigenvalue weighted by molar-refractivity contribution is -0.138. The number of carbonyl (C=O) groups is 1. The van der Waals surface area contributed by atoms with Crippen molar-refractivity contribution in [1.82, 2.24) is 5.32 Å². The summed E-state index contributed by atoms with van der Waals surface area (Å²) in [5.41, 5.74) is -1.36.